The van der Waals surface area contributed by atoms with Crippen LogP contribution in [0.1, 0.15) is 27.2 Å². The van der Waals surface area contributed by atoms with E-state index in [1.807, 2.05) is 18.7 Å². The Kier molecular flexibility index (Phi) is 6.43. The summed E-state index contributed by atoms with van der Waals surface area (Å²) < 4.78 is 11.2. The Balaban J connectivity index is 2.14. The third kappa shape index (κ3) is 5.34. The van der Waals surface area contributed by atoms with Gasteiger partial charge in [0.05, 0.1) is 6.54 Å². The van der Waals surface area contributed by atoms with Gasteiger partial charge in [0.15, 0.2) is 5.17 Å². The highest BCUT2D eigenvalue weighted by atomic mass is 32.2. The number of amidine groups is 1. The number of nitrogens with one attached hydrogen (secondary N) is 1. The van der Waals surface area contributed by atoms with Gasteiger partial charge in [-0.15, -0.1) is 0 Å². The van der Waals surface area contributed by atoms with Crippen molar-refractivity contribution >= 4 is 27.7 Å². The SMILES string of the molecule is CCS(=O)CCNC1=NCC(CC(C)C)S1. The lowest BCUT2D eigenvalue weighted by Crippen LogP contribution is -2.25. The third-order valence-electron chi connectivity index (χ3n) is 2.38. The molecule has 0 aromatic carbocycles. The highest BCUT2D eigenvalue weighted by Crippen LogP contribution is 2.25. The van der Waals surface area contributed by atoms with E-state index in [0.717, 1.165) is 35.7 Å². The predicted molar refractivity (Wildman–Crippen MR) is 74.7 cm³/mol. The normalized spacial score (nSPS) is 22.2. The zero-order valence-corrected chi connectivity index (χ0v) is 12.0. The van der Waals surface area contributed by atoms with E-state index in [4.69, 9.17) is 0 Å². The minimum absolute atomic E-state index is 0.638. The second-order valence-corrected chi connectivity index (χ2v) is 7.53. The maximum atomic E-state index is 11.2. The lowest BCUT2D eigenvalue weighted by Gasteiger charge is -2.11. The lowest BCUT2D eigenvalue weighted by molar-refractivity contribution is 0.575. The third-order valence-corrected chi connectivity index (χ3v) is 4.85. The monoisotopic (exact) mass is 262 g/mol. The molecule has 1 aliphatic heterocycles. The van der Waals surface area contributed by atoms with Crippen molar-refractivity contribution < 1.29 is 4.21 Å². The topological polar surface area (TPSA) is 41.5 Å². The lowest BCUT2D eigenvalue weighted by atomic mass is 10.1. The first-order chi connectivity index (χ1) is 7.61. The van der Waals surface area contributed by atoms with E-state index < -0.39 is 10.8 Å². The summed E-state index contributed by atoms with van der Waals surface area (Å²) in [6.45, 7) is 8.16. The van der Waals surface area contributed by atoms with Crippen molar-refractivity contribution in [3.8, 4) is 0 Å². The molecule has 0 aliphatic carbocycles. The van der Waals surface area contributed by atoms with E-state index in [1.165, 1.54) is 6.42 Å². The molecule has 0 amide bonds. The molecule has 0 aromatic rings. The van der Waals surface area contributed by atoms with E-state index in [1.54, 1.807) is 0 Å². The van der Waals surface area contributed by atoms with E-state index in [-0.39, 0.29) is 0 Å². The van der Waals surface area contributed by atoms with Crippen molar-refractivity contribution in [3.05, 3.63) is 0 Å². The molecular weight excluding hydrogens is 240 g/mol. The number of hydrogen-bond acceptors (Lipinski definition) is 4. The summed E-state index contributed by atoms with van der Waals surface area (Å²) in [5.41, 5.74) is 0. The van der Waals surface area contributed by atoms with Gasteiger partial charge in [0, 0.05) is 34.1 Å². The van der Waals surface area contributed by atoms with Gasteiger partial charge in [-0.1, -0.05) is 32.5 Å². The molecule has 2 atom stereocenters. The first kappa shape index (κ1) is 14.0. The predicted octanol–water partition coefficient (Wildman–Crippen LogP) is 1.86. The first-order valence-electron chi connectivity index (χ1n) is 5.91. The highest BCUT2D eigenvalue weighted by molar-refractivity contribution is 8.14. The van der Waals surface area contributed by atoms with Crippen LogP contribution in [0.2, 0.25) is 0 Å². The van der Waals surface area contributed by atoms with Crippen LogP contribution in [0.3, 0.4) is 0 Å². The van der Waals surface area contributed by atoms with E-state index in [2.05, 4.69) is 24.2 Å². The zero-order valence-electron chi connectivity index (χ0n) is 10.4. The molecule has 2 unspecified atom stereocenters. The molecule has 0 bridgehead atoms. The molecule has 0 aromatic heterocycles. The van der Waals surface area contributed by atoms with Crippen molar-refractivity contribution in [1.29, 1.82) is 0 Å². The van der Waals surface area contributed by atoms with Crippen LogP contribution in [0.4, 0.5) is 0 Å². The van der Waals surface area contributed by atoms with Gasteiger partial charge < -0.3 is 5.32 Å². The fourth-order valence-electron chi connectivity index (χ4n) is 1.58. The van der Waals surface area contributed by atoms with E-state index in [0.29, 0.717) is 5.25 Å². The minimum atomic E-state index is -0.672. The van der Waals surface area contributed by atoms with E-state index >= 15 is 0 Å². The van der Waals surface area contributed by atoms with Crippen molar-refractivity contribution in [2.24, 2.45) is 10.9 Å². The van der Waals surface area contributed by atoms with Crippen LogP contribution in [0.5, 0.6) is 0 Å². The van der Waals surface area contributed by atoms with Gasteiger partial charge in [-0.2, -0.15) is 0 Å². The second kappa shape index (κ2) is 7.33. The Labute approximate surface area is 105 Å². The Morgan fingerprint density at radius 3 is 3.00 bits per heavy atom. The Hall–Kier alpha value is -0.0300. The van der Waals surface area contributed by atoms with Crippen LogP contribution in [0.15, 0.2) is 4.99 Å². The number of thioether (sulfide) groups is 1. The summed E-state index contributed by atoms with van der Waals surface area (Å²) in [6, 6.07) is 0. The maximum Gasteiger partial charge on any atom is 0.156 e. The molecule has 0 fully saturated rings. The second-order valence-electron chi connectivity index (χ2n) is 4.37. The highest BCUT2D eigenvalue weighted by Gasteiger charge is 2.20. The van der Waals surface area contributed by atoms with Crippen molar-refractivity contribution in [1.82, 2.24) is 5.32 Å². The molecule has 0 radical (unpaired) electrons. The average molecular weight is 262 g/mol. The summed E-state index contributed by atoms with van der Waals surface area (Å²) in [6.07, 6.45) is 1.22. The summed E-state index contributed by atoms with van der Waals surface area (Å²) >= 11 is 1.84. The maximum absolute atomic E-state index is 11.2. The van der Waals surface area contributed by atoms with Gasteiger partial charge in [-0.05, 0) is 12.3 Å². The van der Waals surface area contributed by atoms with Gasteiger partial charge in [-0.25, -0.2) is 0 Å². The Bertz CT molecular complexity index is 267. The molecule has 1 heterocycles. The molecule has 1 aliphatic rings. The first-order valence-corrected chi connectivity index (χ1v) is 8.28. The minimum Gasteiger partial charge on any atom is -0.364 e. The summed E-state index contributed by atoms with van der Waals surface area (Å²) in [7, 11) is -0.672. The summed E-state index contributed by atoms with van der Waals surface area (Å²) in [5, 5.41) is 4.95. The molecule has 0 spiro atoms. The van der Waals surface area contributed by atoms with Crippen LogP contribution in [-0.4, -0.2) is 39.2 Å². The smallest absolute Gasteiger partial charge is 0.156 e. The number of nitrogens with zero attached hydrogens (tertiary/aromatic N) is 1. The van der Waals surface area contributed by atoms with Crippen LogP contribution >= 0.6 is 11.8 Å². The number of hydrogen-bond donors (Lipinski definition) is 1. The quantitative estimate of drug-likeness (QED) is 0.794. The van der Waals surface area contributed by atoms with Gasteiger partial charge in [0.1, 0.15) is 0 Å². The standard InChI is InChI=1S/C11H22N2OS2/c1-4-16(14)6-5-12-11-13-8-10(15-11)7-9(2)3/h9-10H,4-8H2,1-3H3,(H,12,13). The molecule has 16 heavy (non-hydrogen) atoms. The average Bonchev–Trinajstić information content (AvgIpc) is 2.64. The summed E-state index contributed by atoms with van der Waals surface area (Å²) in [5.74, 6) is 2.21. The Morgan fingerprint density at radius 2 is 2.38 bits per heavy atom. The molecule has 1 N–H and O–H groups in total. The van der Waals surface area contributed by atoms with Crippen molar-refractivity contribution in [2.75, 3.05) is 24.6 Å². The molecule has 94 valence electrons. The van der Waals surface area contributed by atoms with Gasteiger partial charge in [-0.3, -0.25) is 9.20 Å². The van der Waals surface area contributed by atoms with Crippen LogP contribution in [0, 0.1) is 5.92 Å². The molecule has 0 saturated heterocycles. The fourth-order valence-corrected chi connectivity index (χ4v) is 3.48. The zero-order chi connectivity index (χ0) is 12.0. The molecular formula is C11H22N2OS2. The summed E-state index contributed by atoms with van der Waals surface area (Å²) in [4.78, 5) is 4.46. The fraction of sp³-hybridized carbons (Fsp3) is 0.909. The van der Waals surface area contributed by atoms with Crippen LogP contribution in [-0.2, 0) is 10.8 Å². The van der Waals surface area contributed by atoms with Crippen LogP contribution < -0.4 is 5.32 Å². The molecule has 3 nitrogen and oxygen atoms in total. The molecule has 5 heteroatoms. The largest absolute Gasteiger partial charge is 0.364 e. The molecule has 1 rings (SSSR count). The van der Waals surface area contributed by atoms with E-state index in [9.17, 15) is 4.21 Å². The number of rotatable bonds is 6. The number of aliphatic imine (C=N–C) groups is 1. The van der Waals surface area contributed by atoms with Gasteiger partial charge in [0.2, 0.25) is 0 Å². The van der Waals surface area contributed by atoms with Crippen molar-refractivity contribution in [3.63, 3.8) is 0 Å². The molecule has 0 saturated carbocycles. The van der Waals surface area contributed by atoms with Gasteiger partial charge in [0.25, 0.3) is 0 Å². The Morgan fingerprint density at radius 1 is 1.62 bits per heavy atom. The van der Waals surface area contributed by atoms with Crippen molar-refractivity contribution in [2.45, 2.75) is 32.4 Å². The van der Waals surface area contributed by atoms with Crippen LogP contribution in [0.25, 0.3) is 0 Å². The van der Waals surface area contributed by atoms with Gasteiger partial charge >= 0.3 is 0 Å².